The van der Waals surface area contributed by atoms with E-state index in [0.29, 0.717) is 6.54 Å². The molecule has 100 valence electrons. The fourth-order valence-electron chi connectivity index (χ4n) is 1.24. The van der Waals surface area contributed by atoms with Crippen LogP contribution in [0.5, 0.6) is 0 Å². The summed E-state index contributed by atoms with van der Waals surface area (Å²) in [7, 11) is 0. The van der Waals surface area contributed by atoms with E-state index in [2.05, 4.69) is 15.3 Å². The number of esters is 1. The van der Waals surface area contributed by atoms with Crippen molar-refractivity contribution in [1.82, 2.24) is 15.3 Å². The Bertz CT molecular complexity index is 396. The van der Waals surface area contributed by atoms with Crippen LogP contribution in [0.25, 0.3) is 0 Å². The van der Waals surface area contributed by atoms with E-state index >= 15 is 0 Å². The predicted octanol–water partition coefficient (Wildman–Crippen LogP) is 1.60. The summed E-state index contributed by atoms with van der Waals surface area (Å²) in [6, 6.07) is -0.368. The maximum absolute atomic E-state index is 11.7. The van der Waals surface area contributed by atoms with E-state index in [-0.39, 0.29) is 12.0 Å². The Morgan fingerprint density at radius 1 is 1.39 bits per heavy atom. The van der Waals surface area contributed by atoms with E-state index in [1.807, 2.05) is 27.7 Å². The Balaban J connectivity index is 2.43. The lowest BCUT2D eigenvalue weighted by molar-refractivity contribution is -0.157. The molecule has 0 aliphatic carbocycles. The highest BCUT2D eigenvalue weighted by molar-refractivity contribution is 5.75. The molecule has 5 heteroatoms. The van der Waals surface area contributed by atoms with Gasteiger partial charge in [-0.25, -0.2) is 0 Å². The normalized spacial score (nSPS) is 13.2. The van der Waals surface area contributed by atoms with Gasteiger partial charge in [0.25, 0.3) is 0 Å². The van der Waals surface area contributed by atoms with Crippen molar-refractivity contribution in [3.8, 4) is 0 Å². The lowest BCUT2D eigenvalue weighted by atomic mass is 10.2. The topological polar surface area (TPSA) is 64.1 Å². The maximum atomic E-state index is 11.7. The summed E-state index contributed by atoms with van der Waals surface area (Å²) in [5, 5.41) is 3.06. The third kappa shape index (κ3) is 5.23. The number of nitrogens with one attached hydrogen (secondary N) is 1. The molecule has 1 heterocycles. The van der Waals surface area contributed by atoms with Crippen molar-refractivity contribution in [3.05, 3.63) is 23.8 Å². The van der Waals surface area contributed by atoms with Gasteiger partial charge in [0, 0.05) is 18.9 Å². The van der Waals surface area contributed by atoms with Crippen molar-refractivity contribution in [3.63, 3.8) is 0 Å². The SMILES string of the molecule is Cc1cnc(CNC(C)C(=O)OC(C)(C)C)cn1. The zero-order valence-corrected chi connectivity index (χ0v) is 11.7. The molecule has 0 aliphatic heterocycles. The van der Waals surface area contributed by atoms with Gasteiger partial charge in [-0.15, -0.1) is 0 Å². The van der Waals surface area contributed by atoms with Crippen molar-refractivity contribution in [2.24, 2.45) is 0 Å². The zero-order chi connectivity index (χ0) is 13.8. The number of rotatable bonds is 4. The van der Waals surface area contributed by atoms with Crippen LogP contribution in [-0.2, 0) is 16.1 Å². The first kappa shape index (κ1) is 14.6. The van der Waals surface area contributed by atoms with Crippen LogP contribution in [0.15, 0.2) is 12.4 Å². The van der Waals surface area contributed by atoms with Gasteiger partial charge in [-0.2, -0.15) is 0 Å². The first-order chi connectivity index (χ1) is 8.28. The molecule has 1 aromatic heterocycles. The summed E-state index contributed by atoms with van der Waals surface area (Å²) in [4.78, 5) is 20.1. The van der Waals surface area contributed by atoms with Crippen molar-refractivity contribution < 1.29 is 9.53 Å². The molecule has 0 aliphatic rings. The zero-order valence-electron chi connectivity index (χ0n) is 11.7. The maximum Gasteiger partial charge on any atom is 0.323 e. The smallest absolute Gasteiger partial charge is 0.323 e. The monoisotopic (exact) mass is 251 g/mol. The second-order valence-corrected chi connectivity index (χ2v) is 5.29. The first-order valence-electron chi connectivity index (χ1n) is 6.02. The molecule has 1 aromatic rings. The van der Waals surface area contributed by atoms with Gasteiger partial charge >= 0.3 is 5.97 Å². The number of hydrogen-bond donors (Lipinski definition) is 1. The van der Waals surface area contributed by atoms with E-state index in [9.17, 15) is 4.79 Å². The van der Waals surface area contributed by atoms with Gasteiger partial charge in [0.05, 0.1) is 11.4 Å². The Morgan fingerprint density at radius 2 is 2.06 bits per heavy atom. The summed E-state index contributed by atoms with van der Waals surface area (Å²) in [6.45, 7) is 9.70. The van der Waals surface area contributed by atoms with E-state index in [1.54, 1.807) is 19.3 Å². The molecule has 0 bridgehead atoms. The van der Waals surface area contributed by atoms with Gasteiger partial charge < -0.3 is 4.74 Å². The summed E-state index contributed by atoms with van der Waals surface area (Å²) in [5.74, 6) is -0.262. The number of aryl methyl sites for hydroxylation is 1. The molecular formula is C13H21N3O2. The minimum Gasteiger partial charge on any atom is -0.459 e. The van der Waals surface area contributed by atoms with Crippen LogP contribution >= 0.6 is 0 Å². The average Bonchev–Trinajstić information content (AvgIpc) is 2.25. The Kier molecular flexibility index (Phi) is 4.78. The van der Waals surface area contributed by atoms with Crippen molar-refractivity contribution in [1.29, 1.82) is 0 Å². The number of ether oxygens (including phenoxy) is 1. The highest BCUT2D eigenvalue weighted by Crippen LogP contribution is 2.08. The molecule has 1 atom stereocenters. The first-order valence-corrected chi connectivity index (χ1v) is 6.02. The molecule has 1 unspecified atom stereocenters. The largest absolute Gasteiger partial charge is 0.459 e. The highest BCUT2D eigenvalue weighted by Gasteiger charge is 2.21. The van der Waals surface area contributed by atoms with Crippen LogP contribution < -0.4 is 5.32 Å². The Labute approximate surface area is 108 Å². The number of hydrogen-bond acceptors (Lipinski definition) is 5. The quantitative estimate of drug-likeness (QED) is 0.824. The standard InChI is InChI=1S/C13H21N3O2/c1-9-6-16-11(7-14-9)8-15-10(2)12(17)18-13(3,4)5/h6-7,10,15H,8H2,1-5H3. The predicted molar refractivity (Wildman–Crippen MR) is 68.9 cm³/mol. The van der Waals surface area contributed by atoms with Crippen LogP contribution in [0.4, 0.5) is 0 Å². The summed E-state index contributed by atoms with van der Waals surface area (Å²) in [6.07, 6.45) is 3.40. The number of nitrogens with zero attached hydrogens (tertiary/aromatic N) is 2. The van der Waals surface area contributed by atoms with Crippen LogP contribution in [0, 0.1) is 6.92 Å². The van der Waals surface area contributed by atoms with E-state index in [4.69, 9.17) is 4.74 Å². The number of carbonyl (C=O) groups excluding carboxylic acids is 1. The van der Waals surface area contributed by atoms with Crippen LogP contribution in [0.2, 0.25) is 0 Å². The molecule has 1 rings (SSSR count). The molecule has 18 heavy (non-hydrogen) atoms. The van der Waals surface area contributed by atoms with Crippen LogP contribution in [0.3, 0.4) is 0 Å². The molecule has 0 amide bonds. The highest BCUT2D eigenvalue weighted by atomic mass is 16.6. The van der Waals surface area contributed by atoms with E-state index in [1.165, 1.54) is 0 Å². The van der Waals surface area contributed by atoms with Gasteiger partial charge in [-0.1, -0.05) is 0 Å². The Hall–Kier alpha value is -1.49. The average molecular weight is 251 g/mol. The molecule has 0 fully saturated rings. The minimum atomic E-state index is -0.462. The third-order valence-corrected chi connectivity index (χ3v) is 2.18. The van der Waals surface area contributed by atoms with Gasteiger partial charge in [0.1, 0.15) is 11.6 Å². The van der Waals surface area contributed by atoms with Gasteiger partial charge in [-0.05, 0) is 34.6 Å². The molecule has 0 aromatic carbocycles. The van der Waals surface area contributed by atoms with Crippen LogP contribution in [0.1, 0.15) is 39.1 Å². The molecular weight excluding hydrogens is 230 g/mol. The summed E-state index contributed by atoms with van der Waals surface area (Å²) >= 11 is 0. The summed E-state index contributed by atoms with van der Waals surface area (Å²) < 4.78 is 5.27. The molecule has 0 spiro atoms. The van der Waals surface area contributed by atoms with Crippen molar-refractivity contribution >= 4 is 5.97 Å². The van der Waals surface area contributed by atoms with E-state index in [0.717, 1.165) is 11.4 Å². The molecule has 5 nitrogen and oxygen atoms in total. The second-order valence-electron chi connectivity index (χ2n) is 5.29. The van der Waals surface area contributed by atoms with E-state index < -0.39 is 5.60 Å². The molecule has 0 saturated carbocycles. The van der Waals surface area contributed by atoms with Crippen molar-refractivity contribution in [2.75, 3.05) is 0 Å². The fraction of sp³-hybridized carbons (Fsp3) is 0.615. The molecule has 0 saturated heterocycles. The van der Waals surface area contributed by atoms with Gasteiger partial charge in [0.15, 0.2) is 0 Å². The minimum absolute atomic E-state index is 0.262. The Morgan fingerprint density at radius 3 is 2.56 bits per heavy atom. The fourth-order valence-corrected chi connectivity index (χ4v) is 1.24. The number of carbonyl (C=O) groups is 1. The van der Waals surface area contributed by atoms with Gasteiger partial charge in [0.2, 0.25) is 0 Å². The molecule has 1 N–H and O–H groups in total. The van der Waals surface area contributed by atoms with Gasteiger partial charge in [-0.3, -0.25) is 20.1 Å². The number of aromatic nitrogens is 2. The van der Waals surface area contributed by atoms with Crippen LogP contribution in [-0.4, -0.2) is 27.6 Å². The lowest BCUT2D eigenvalue weighted by Gasteiger charge is -2.22. The third-order valence-electron chi connectivity index (χ3n) is 2.18. The van der Waals surface area contributed by atoms with Crippen molar-refractivity contribution in [2.45, 2.75) is 52.8 Å². The second kappa shape index (κ2) is 5.91. The lowest BCUT2D eigenvalue weighted by Crippen LogP contribution is -2.39. The molecule has 0 radical (unpaired) electrons. The summed E-state index contributed by atoms with van der Waals surface area (Å²) in [5.41, 5.74) is 1.21.